The van der Waals surface area contributed by atoms with Crippen LogP contribution < -0.4 is 5.32 Å². The second-order valence-corrected chi connectivity index (χ2v) is 3.27. The molecule has 1 aromatic heterocycles. The minimum Gasteiger partial charge on any atom is -0.368 e. The number of hydrogen-bond acceptors (Lipinski definition) is 3. The first kappa shape index (κ1) is 12.7. The average molecular weight is 237 g/mol. The Morgan fingerprint density at radius 1 is 1.31 bits per heavy atom. The number of anilines is 1. The van der Waals surface area contributed by atoms with Gasteiger partial charge >= 0.3 is 6.18 Å². The van der Waals surface area contributed by atoms with Crippen LogP contribution in [-0.2, 0) is 0 Å². The lowest BCUT2D eigenvalue weighted by Gasteiger charge is -2.08. The average Bonchev–Trinajstić information content (AvgIpc) is 2.17. The molecule has 0 atom stereocenters. The Morgan fingerprint density at radius 3 is 2.62 bits per heavy atom. The van der Waals surface area contributed by atoms with Gasteiger partial charge in [-0.05, 0) is 13.3 Å². The number of rotatable bonds is 4. The predicted molar refractivity (Wildman–Crippen MR) is 50.5 cm³/mol. The highest BCUT2D eigenvalue weighted by Gasteiger charge is 2.25. The summed E-state index contributed by atoms with van der Waals surface area (Å²) in [6, 6.07) is 0. The number of nitrogens with one attached hydrogen (secondary N) is 1. The van der Waals surface area contributed by atoms with Crippen LogP contribution in [0.1, 0.15) is 18.5 Å². The third-order valence-corrected chi connectivity index (χ3v) is 1.89. The molecule has 0 aliphatic rings. The molecule has 90 valence electrons. The van der Waals surface area contributed by atoms with Gasteiger partial charge in [0.1, 0.15) is 6.33 Å². The molecule has 0 spiro atoms. The molecule has 3 nitrogen and oxygen atoms in total. The minimum atomic E-state index is -4.18. The molecule has 1 rings (SSSR count). The van der Waals surface area contributed by atoms with E-state index in [9.17, 15) is 17.6 Å². The van der Waals surface area contributed by atoms with E-state index in [0.29, 0.717) is 0 Å². The van der Waals surface area contributed by atoms with E-state index >= 15 is 0 Å². The van der Waals surface area contributed by atoms with Crippen LogP contribution in [0.25, 0.3) is 0 Å². The lowest BCUT2D eigenvalue weighted by Crippen LogP contribution is -2.12. The van der Waals surface area contributed by atoms with Crippen LogP contribution in [0.2, 0.25) is 0 Å². The third-order valence-electron chi connectivity index (χ3n) is 1.89. The summed E-state index contributed by atoms with van der Waals surface area (Å²) < 4.78 is 48.6. The molecule has 7 heteroatoms. The summed E-state index contributed by atoms with van der Waals surface area (Å²) in [5.74, 6) is -0.691. The predicted octanol–water partition coefficient (Wildman–Crippen LogP) is 2.68. The van der Waals surface area contributed by atoms with Gasteiger partial charge in [0.25, 0.3) is 0 Å². The molecule has 0 saturated heterocycles. The first-order chi connectivity index (χ1) is 7.40. The molecule has 1 aromatic rings. The molecule has 0 bridgehead atoms. The van der Waals surface area contributed by atoms with E-state index in [2.05, 4.69) is 15.3 Å². The van der Waals surface area contributed by atoms with Crippen molar-refractivity contribution in [3.63, 3.8) is 0 Å². The fraction of sp³-hybridized carbons (Fsp3) is 0.556. The zero-order valence-corrected chi connectivity index (χ0v) is 8.60. The molecule has 0 fully saturated rings. The lowest BCUT2D eigenvalue weighted by molar-refractivity contribution is -0.134. The molecule has 16 heavy (non-hydrogen) atoms. The van der Waals surface area contributed by atoms with Gasteiger partial charge in [0, 0.05) is 13.0 Å². The van der Waals surface area contributed by atoms with E-state index in [1.807, 2.05) is 0 Å². The lowest BCUT2D eigenvalue weighted by atomic mass is 10.3. The van der Waals surface area contributed by atoms with Gasteiger partial charge in [0.05, 0.1) is 5.69 Å². The van der Waals surface area contributed by atoms with Crippen molar-refractivity contribution in [3.05, 3.63) is 17.8 Å². The highest BCUT2D eigenvalue weighted by Crippen LogP contribution is 2.21. The van der Waals surface area contributed by atoms with Crippen LogP contribution in [-0.4, -0.2) is 22.7 Å². The standard InChI is InChI=1S/C9H11F4N3/c1-6-7(10)8(16-5-15-6)14-4-2-3-9(11,12)13/h5H,2-4H2,1H3,(H,14,15,16). The third kappa shape index (κ3) is 4.00. The Morgan fingerprint density at radius 2 is 2.00 bits per heavy atom. The first-order valence-electron chi connectivity index (χ1n) is 4.68. The normalized spacial score (nSPS) is 11.6. The summed E-state index contributed by atoms with van der Waals surface area (Å²) >= 11 is 0. The van der Waals surface area contributed by atoms with E-state index in [1.165, 1.54) is 6.92 Å². The summed E-state index contributed by atoms with van der Waals surface area (Å²) in [6.07, 6.45) is -4.04. The van der Waals surface area contributed by atoms with E-state index in [4.69, 9.17) is 0 Å². The monoisotopic (exact) mass is 237 g/mol. The number of alkyl halides is 3. The molecular formula is C9H11F4N3. The summed E-state index contributed by atoms with van der Waals surface area (Å²) in [4.78, 5) is 7.20. The summed E-state index contributed by atoms with van der Waals surface area (Å²) in [5, 5.41) is 2.50. The van der Waals surface area contributed by atoms with Gasteiger partial charge in [-0.15, -0.1) is 0 Å². The van der Waals surface area contributed by atoms with Crippen LogP contribution in [0.15, 0.2) is 6.33 Å². The maximum Gasteiger partial charge on any atom is 0.389 e. The van der Waals surface area contributed by atoms with Crippen LogP contribution in [0, 0.1) is 12.7 Å². The Hall–Kier alpha value is -1.40. The highest BCUT2D eigenvalue weighted by atomic mass is 19.4. The SMILES string of the molecule is Cc1ncnc(NCCCC(F)(F)F)c1F. The molecule has 0 radical (unpaired) electrons. The largest absolute Gasteiger partial charge is 0.389 e. The van der Waals surface area contributed by atoms with Crippen molar-refractivity contribution in [3.8, 4) is 0 Å². The second-order valence-electron chi connectivity index (χ2n) is 3.27. The van der Waals surface area contributed by atoms with Crippen molar-refractivity contribution in [2.75, 3.05) is 11.9 Å². The number of aromatic nitrogens is 2. The zero-order chi connectivity index (χ0) is 12.2. The van der Waals surface area contributed by atoms with Crippen molar-refractivity contribution < 1.29 is 17.6 Å². The van der Waals surface area contributed by atoms with Gasteiger partial charge in [0.15, 0.2) is 11.6 Å². The van der Waals surface area contributed by atoms with Crippen molar-refractivity contribution in [2.24, 2.45) is 0 Å². The van der Waals surface area contributed by atoms with Crippen molar-refractivity contribution >= 4 is 5.82 Å². The van der Waals surface area contributed by atoms with Crippen LogP contribution in [0.3, 0.4) is 0 Å². The van der Waals surface area contributed by atoms with E-state index in [0.717, 1.165) is 6.33 Å². The van der Waals surface area contributed by atoms with Gasteiger partial charge in [-0.25, -0.2) is 14.4 Å². The fourth-order valence-electron chi connectivity index (χ4n) is 1.08. The second kappa shape index (κ2) is 5.09. The molecule has 0 aliphatic heterocycles. The van der Waals surface area contributed by atoms with Gasteiger partial charge in [0.2, 0.25) is 0 Å². The summed E-state index contributed by atoms with van der Waals surface area (Å²) in [7, 11) is 0. The van der Waals surface area contributed by atoms with Gasteiger partial charge < -0.3 is 5.32 Å². The Balaban J connectivity index is 2.41. The van der Waals surface area contributed by atoms with Gasteiger partial charge in [-0.2, -0.15) is 13.2 Å². The summed E-state index contributed by atoms with van der Waals surface area (Å²) in [6.45, 7) is 1.48. The van der Waals surface area contributed by atoms with Crippen LogP contribution >= 0.6 is 0 Å². The van der Waals surface area contributed by atoms with Crippen molar-refractivity contribution in [1.29, 1.82) is 0 Å². The van der Waals surface area contributed by atoms with E-state index < -0.39 is 18.4 Å². The maximum absolute atomic E-state index is 13.3. The Labute approximate surface area is 89.9 Å². The number of hydrogen-bond donors (Lipinski definition) is 1. The number of nitrogens with zero attached hydrogens (tertiary/aromatic N) is 2. The smallest absolute Gasteiger partial charge is 0.368 e. The van der Waals surface area contributed by atoms with Crippen molar-refractivity contribution in [1.82, 2.24) is 9.97 Å². The van der Waals surface area contributed by atoms with Crippen molar-refractivity contribution in [2.45, 2.75) is 25.9 Å². The molecule has 0 saturated carbocycles. The van der Waals surface area contributed by atoms with Crippen LogP contribution in [0.4, 0.5) is 23.4 Å². The Kier molecular flexibility index (Phi) is 4.03. The van der Waals surface area contributed by atoms with Crippen LogP contribution in [0.5, 0.6) is 0 Å². The van der Waals surface area contributed by atoms with Gasteiger partial charge in [-0.1, -0.05) is 0 Å². The number of halogens is 4. The molecule has 0 amide bonds. The van der Waals surface area contributed by atoms with Gasteiger partial charge in [-0.3, -0.25) is 0 Å². The molecule has 0 aliphatic carbocycles. The quantitative estimate of drug-likeness (QED) is 0.646. The highest BCUT2D eigenvalue weighted by molar-refractivity contribution is 5.36. The molecule has 1 N–H and O–H groups in total. The molecule has 0 unspecified atom stereocenters. The van der Waals surface area contributed by atoms with E-state index in [1.54, 1.807) is 0 Å². The Bertz CT molecular complexity index is 351. The fourth-order valence-corrected chi connectivity index (χ4v) is 1.08. The molecular weight excluding hydrogens is 226 g/mol. The van der Waals surface area contributed by atoms with E-state index in [-0.39, 0.29) is 24.5 Å². The minimum absolute atomic E-state index is 0.0207. The zero-order valence-electron chi connectivity index (χ0n) is 8.60. The first-order valence-corrected chi connectivity index (χ1v) is 4.68. The molecule has 1 heterocycles. The number of aryl methyl sites for hydroxylation is 1. The summed E-state index contributed by atoms with van der Waals surface area (Å²) in [5.41, 5.74) is 0.160. The maximum atomic E-state index is 13.3. The molecule has 0 aromatic carbocycles. The topological polar surface area (TPSA) is 37.8 Å².